The van der Waals surface area contributed by atoms with Crippen LogP contribution in [0.3, 0.4) is 0 Å². The Bertz CT molecular complexity index is 532. The Kier molecular flexibility index (Phi) is 10.1. The van der Waals surface area contributed by atoms with Crippen LogP contribution in [0, 0.1) is 5.92 Å². The molecule has 3 N–H and O–H groups in total. The van der Waals surface area contributed by atoms with Gasteiger partial charge in [0.1, 0.15) is 11.4 Å². The van der Waals surface area contributed by atoms with Crippen molar-refractivity contribution in [1.29, 1.82) is 0 Å². The number of aliphatic hydroxyl groups is 1. The van der Waals surface area contributed by atoms with E-state index in [2.05, 4.69) is 30.5 Å². The van der Waals surface area contributed by atoms with Crippen molar-refractivity contribution < 1.29 is 9.84 Å². The van der Waals surface area contributed by atoms with Crippen molar-refractivity contribution >= 4 is 5.96 Å². The fourth-order valence-electron chi connectivity index (χ4n) is 2.75. The molecule has 0 fully saturated rings. The van der Waals surface area contributed by atoms with Gasteiger partial charge in [0.05, 0.1) is 6.54 Å². The van der Waals surface area contributed by atoms with Crippen LogP contribution in [0.4, 0.5) is 0 Å². The maximum atomic E-state index is 9.22. The summed E-state index contributed by atoms with van der Waals surface area (Å²) in [6.07, 6.45) is 3.05. The average molecular weight is 364 g/mol. The highest BCUT2D eigenvalue weighted by Crippen LogP contribution is 2.23. The van der Waals surface area contributed by atoms with Gasteiger partial charge in [-0.15, -0.1) is 0 Å². The van der Waals surface area contributed by atoms with Crippen LogP contribution in [0.5, 0.6) is 5.75 Å². The first-order valence-electron chi connectivity index (χ1n) is 9.79. The molecule has 0 heterocycles. The van der Waals surface area contributed by atoms with E-state index in [9.17, 15) is 5.11 Å². The quantitative estimate of drug-likeness (QED) is 0.438. The molecular weight excluding hydrogens is 326 g/mol. The van der Waals surface area contributed by atoms with Crippen molar-refractivity contribution in [1.82, 2.24) is 10.6 Å². The van der Waals surface area contributed by atoms with Gasteiger partial charge in [-0.1, -0.05) is 31.5 Å². The van der Waals surface area contributed by atoms with E-state index in [1.54, 1.807) is 0 Å². The number of aliphatic imine (C=N–C) groups is 1. The number of hydrogen-bond donors (Lipinski definition) is 3. The van der Waals surface area contributed by atoms with Crippen molar-refractivity contribution in [3.63, 3.8) is 0 Å². The van der Waals surface area contributed by atoms with Gasteiger partial charge in [0, 0.05) is 25.3 Å². The lowest BCUT2D eigenvalue weighted by Crippen LogP contribution is -2.40. The van der Waals surface area contributed by atoms with E-state index in [1.165, 1.54) is 0 Å². The number of aliphatic hydroxyl groups excluding tert-OH is 1. The molecule has 1 aromatic carbocycles. The number of ether oxygens (including phenoxy) is 1. The standard InChI is InChI=1S/C21H37N3O2/c1-6-10-17(13-14-25)15-23-20(22-7-2)24-16-18-11-8-9-12-19(18)26-21(3,4)5/h8-9,11-12,17,25H,6-7,10,13-16H2,1-5H3,(H2,22,23,24). The highest BCUT2D eigenvalue weighted by Gasteiger charge is 2.14. The van der Waals surface area contributed by atoms with Gasteiger partial charge in [-0.25, -0.2) is 4.99 Å². The first kappa shape index (κ1) is 22.3. The molecule has 0 bridgehead atoms. The summed E-state index contributed by atoms with van der Waals surface area (Å²) in [5.41, 5.74) is 0.834. The summed E-state index contributed by atoms with van der Waals surface area (Å²) < 4.78 is 6.05. The largest absolute Gasteiger partial charge is 0.488 e. The Hall–Kier alpha value is -1.75. The summed E-state index contributed by atoms with van der Waals surface area (Å²) >= 11 is 0. The fourth-order valence-corrected chi connectivity index (χ4v) is 2.75. The van der Waals surface area contributed by atoms with Crippen LogP contribution in [-0.2, 0) is 6.54 Å². The number of guanidine groups is 1. The van der Waals surface area contributed by atoms with Gasteiger partial charge in [-0.2, -0.15) is 0 Å². The predicted octanol–water partition coefficient (Wildman–Crippen LogP) is 3.72. The van der Waals surface area contributed by atoms with Crippen LogP contribution in [0.1, 0.15) is 59.4 Å². The second-order valence-electron chi connectivity index (χ2n) is 7.57. The highest BCUT2D eigenvalue weighted by atomic mass is 16.5. The van der Waals surface area contributed by atoms with Crippen LogP contribution in [0.2, 0.25) is 0 Å². The Balaban J connectivity index is 2.77. The van der Waals surface area contributed by atoms with Gasteiger partial charge in [0.15, 0.2) is 5.96 Å². The van der Waals surface area contributed by atoms with Crippen LogP contribution in [0.25, 0.3) is 0 Å². The molecule has 5 heteroatoms. The average Bonchev–Trinajstić information content (AvgIpc) is 2.57. The van der Waals surface area contributed by atoms with Crippen LogP contribution >= 0.6 is 0 Å². The molecule has 1 atom stereocenters. The third-order valence-electron chi connectivity index (χ3n) is 3.93. The molecule has 0 aliphatic carbocycles. The normalized spacial score (nSPS) is 13.4. The van der Waals surface area contributed by atoms with E-state index in [4.69, 9.17) is 9.73 Å². The summed E-state index contributed by atoms with van der Waals surface area (Å²) in [6.45, 7) is 12.8. The molecule has 0 amide bonds. The lowest BCUT2D eigenvalue weighted by atomic mass is 10.0. The number of nitrogens with zero attached hydrogens (tertiary/aromatic N) is 1. The third-order valence-corrected chi connectivity index (χ3v) is 3.93. The van der Waals surface area contributed by atoms with Crippen molar-refractivity contribution in [2.75, 3.05) is 19.7 Å². The van der Waals surface area contributed by atoms with E-state index < -0.39 is 0 Å². The lowest BCUT2D eigenvalue weighted by Gasteiger charge is -2.23. The SMILES string of the molecule is CCCC(CCO)CNC(=NCc1ccccc1OC(C)(C)C)NCC. The molecule has 0 saturated carbocycles. The molecule has 0 aromatic heterocycles. The number of nitrogens with one attached hydrogen (secondary N) is 2. The summed E-state index contributed by atoms with van der Waals surface area (Å²) in [6, 6.07) is 8.05. The van der Waals surface area contributed by atoms with Gasteiger partial charge in [0.25, 0.3) is 0 Å². The van der Waals surface area contributed by atoms with Gasteiger partial charge in [-0.05, 0) is 52.5 Å². The molecule has 1 unspecified atom stereocenters. The lowest BCUT2D eigenvalue weighted by molar-refractivity contribution is 0.129. The minimum atomic E-state index is -0.236. The van der Waals surface area contributed by atoms with E-state index in [0.29, 0.717) is 12.5 Å². The maximum absolute atomic E-state index is 9.22. The second kappa shape index (κ2) is 11.8. The minimum absolute atomic E-state index is 0.234. The Morgan fingerprint density at radius 2 is 1.88 bits per heavy atom. The topological polar surface area (TPSA) is 65.9 Å². The fraction of sp³-hybridized carbons (Fsp3) is 0.667. The zero-order valence-corrected chi connectivity index (χ0v) is 17.1. The van der Waals surface area contributed by atoms with Crippen LogP contribution < -0.4 is 15.4 Å². The van der Waals surface area contributed by atoms with E-state index in [1.807, 2.05) is 39.0 Å². The summed E-state index contributed by atoms with van der Waals surface area (Å²) in [7, 11) is 0. The zero-order chi connectivity index (χ0) is 19.4. The van der Waals surface area contributed by atoms with Crippen LogP contribution in [-0.4, -0.2) is 36.4 Å². The van der Waals surface area contributed by atoms with E-state index in [-0.39, 0.29) is 12.2 Å². The molecular formula is C21H37N3O2. The molecule has 0 spiro atoms. The third kappa shape index (κ3) is 9.09. The van der Waals surface area contributed by atoms with Crippen molar-refractivity contribution in [3.8, 4) is 5.75 Å². The Morgan fingerprint density at radius 3 is 2.50 bits per heavy atom. The first-order valence-corrected chi connectivity index (χ1v) is 9.79. The molecule has 0 radical (unpaired) electrons. The van der Waals surface area contributed by atoms with Crippen molar-refractivity contribution in [2.45, 2.75) is 66.0 Å². The molecule has 0 aliphatic rings. The molecule has 5 nitrogen and oxygen atoms in total. The number of para-hydroxylation sites is 1. The van der Waals surface area contributed by atoms with E-state index in [0.717, 1.165) is 49.6 Å². The summed E-state index contributed by atoms with van der Waals surface area (Å²) in [5.74, 6) is 2.14. The molecule has 1 aromatic rings. The summed E-state index contributed by atoms with van der Waals surface area (Å²) in [5, 5.41) is 15.9. The van der Waals surface area contributed by atoms with Crippen LogP contribution in [0.15, 0.2) is 29.3 Å². The van der Waals surface area contributed by atoms with Gasteiger partial charge < -0.3 is 20.5 Å². The number of benzene rings is 1. The summed E-state index contributed by atoms with van der Waals surface area (Å²) in [4.78, 5) is 4.72. The first-order chi connectivity index (χ1) is 12.4. The molecule has 26 heavy (non-hydrogen) atoms. The second-order valence-corrected chi connectivity index (χ2v) is 7.57. The number of hydrogen-bond acceptors (Lipinski definition) is 3. The van der Waals surface area contributed by atoms with Gasteiger partial charge in [-0.3, -0.25) is 0 Å². The smallest absolute Gasteiger partial charge is 0.191 e. The highest BCUT2D eigenvalue weighted by molar-refractivity contribution is 5.79. The zero-order valence-electron chi connectivity index (χ0n) is 17.1. The van der Waals surface area contributed by atoms with Crippen molar-refractivity contribution in [3.05, 3.63) is 29.8 Å². The molecule has 0 aliphatic heterocycles. The number of rotatable bonds is 10. The molecule has 0 saturated heterocycles. The van der Waals surface area contributed by atoms with Crippen molar-refractivity contribution in [2.24, 2.45) is 10.9 Å². The Morgan fingerprint density at radius 1 is 1.15 bits per heavy atom. The minimum Gasteiger partial charge on any atom is -0.488 e. The molecule has 148 valence electrons. The molecule has 1 rings (SSSR count). The maximum Gasteiger partial charge on any atom is 0.191 e. The Labute approximate surface area is 159 Å². The van der Waals surface area contributed by atoms with Gasteiger partial charge in [0.2, 0.25) is 0 Å². The predicted molar refractivity (Wildman–Crippen MR) is 110 cm³/mol. The van der Waals surface area contributed by atoms with E-state index >= 15 is 0 Å². The van der Waals surface area contributed by atoms with Gasteiger partial charge >= 0.3 is 0 Å². The monoisotopic (exact) mass is 363 g/mol.